The zero-order valence-corrected chi connectivity index (χ0v) is 11.4. The Morgan fingerprint density at radius 3 is 2.12 bits per heavy atom. The van der Waals surface area contributed by atoms with E-state index in [0.717, 1.165) is 12.3 Å². The second-order valence-electron chi connectivity index (χ2n) is 5.45. The van der Waals surface area contributed by atoms with Gasteiger partial charge in [0.25, 0.3) is 0 Å². The first-order valence-corrected chi connectivity index (χ1v) is 6.15. The summed E-state index contributed by atoms with van der Waals surface area (Å²) >= 11 is 0. The molecule has 0 fully saturated rings. The van der Waals surface area contributed by atoms with Crippen LogP contribution in [0.5, 0.6) is 0 Å². The van der Waals surface area contributed by atoms with Crippen molar-refractivity contribution in [1.82, 2.24) is 0 Å². The first-order valence-electron chi connectivity index (χ1n) is 6.15. The second kappa shape index (κ2) is 7.48. The summed E-state index contributed by atoms with van der Waals surface area (Å²) in [7, 11) is 0. The van der Waals surface area contributed by atoms with Gasteiger partial charge in [-0.2, -0.15) is 0 Å². The summed E-state index contributed by atoms with van der Waals surface area (Å²) in [6.07, 6.45) is 2.35. The van der Waals surface area contributed by atoms with Crippen LogP contribution in [-0.2, 0) is 9.53 Å². The Balaban J connectivity index is 3.77. The molecule has 2 atom stereocenters. The smallest absolute Gasteiger partial charge is 0.333 e. The lowest BCUT2D eigenvalue weighted by Crippen LogP contribution is -2.15. The molecule has 16 heavy (non-hydrogen) atoms. The molecular formula is C14H26O2. The minimum atomic E-state index is -0.275. The van der Waals surface area contributed by atoms with Crippen molar-refractivity contribution in [3.05, 3.63) is 12.2 Å². The van der Waals surface area contributed by atoms with Gasteiger partial charge < -0.3 is 4.74 Å². The van der Waals surface area contributed by atoms with Gasteiger partial charge in [-0.1, -0.05) is 34.3 Å². The molecule has 0 heterocycles. The highest BCUT2D eigenvalue weighted by molar-refractivity contribution is 5.86. The van der Waals surface area contributed by atoms with E-state index in [1.165, 1.54) is 6.42 Å². The van der Waals surface area contributed by atoms with E-state index in [-0.39, 0.29) is 5.97 Å². The summed E-state index contributed by atoms with van der Waals surface area (Å²) in [5.41, 5.74) is 0.474. The maximum Gasteiger partial charge on any atom is 0.333 e. The summed E-state index contributed by atoms with van der Waals surface area (Å²) in [6.45, 7) is 14.6. The lowest BCUT2D eigenvalue weighted by Gasteiger charge is -2.18. The lowest BCUT2D eigenvalue weighted by atomic mass is 9.91. The van der Waals surface area contributed by atoms with Gasteiger partial charge in [-0.25, -0.2) is 4.79 Å². The van der Waals surface area contributed by atoms with E-state index in [1.807, 2.05) is 0 Å². The largest absolute Gasteiger partial charge is 0.462 e. The molecule has 0 aromatic rings. The van der Waals surface area contributed by atoms with Crippen molar-refractivity contribution in [2.45, 2.75) is 47.5 Å². The van der Waals surface area contributed by atoms with E-state index >= 15 is 0 Å². The highest BCUT2D eigenvalue weighted by Crippen LogP contribution is 2.19. The van der Waals surface area contributed by atoms with Crippen molar-refractivity contribution >= 4 is 5.97 Å². The number of esters is 1. The van der Waals surface area contributed by atoms with Gasteiger partial charge in [0.1, 0.15) is 0 Å². The van der Waals surface area contributed by atoms with Crippen molar-refractivity contribution in [3.8, 4) is 0 Å². The monoisotopic (exact) mass is 226 g/mol. The topological polar surface area (TPSA) is 26.3 Å². The van der Waals surface area contributed by atoms with E-state index in [9.17, 15) is 4.79 Å². The summed E-state index contributed by atoms with van der Waals surface area (Å²) in [5, 5.41) is 0. The van der Waals surface area contributed by atoms with Gasteiger partial charge >= 0.3 is 5.97 Å². The van der Waals surface area contributed by atoms with Crippen LogP contribution in [0, 0.1) is 17.8 Å². The van der Waals surface area contributed by atoms with Gasteiger partial charge in [0.15, 0.2) is 0 Å². The molecule has 0 N–H and O–H groups in total. The number of rotatable bonds is 7. The molecule has 0 bridgehead atoms. The highest BCUT2D eigenvalue weighted by Gasteiger charge is 2.12. The standard InChI is InChI=1S/C14H26O2/c1-10(2)7-12(5)8-13(6)9-16-14(15)11(3)4/h10,12-13H,3,7-9H2,1-2,4-6H3. The van der Waals surface area contributed by atoms with Gasteiger partial charge in [0.2, 0.25) is 0 Å². The Bertz CT molecular complexity index is 231. The van der Waals surface area contributed by atoms with Gasteiger partial charge in [-0.3, -0.25) is 0 Å². The molecule has 0 aromatic carbocycles. The number of ether oxygens (including phenoxy) is 1. The van der Waals surface area contributed by atoms with E-state index < -0.39 is 0 Å². The van der Waals surface area contributed by atoms with Crippen molar-refractivity contribution in [2.24, 2.45) is 17.8 Å². The van der Waals surface area contributed by atoms with Crippen molar-refractivity contribution in [3.63, 3.8) is 0 Å². The molecule has 2 nitrogen and oxygen atoms in total. The maximum absolute atomic E-state index is 11.2. The first-order chi connectivity index (χ1) is 7.32. The van der Waals surface area contributed by atoms with Crippen molar-refractivity contribution in [2.75, 3.05) is 6.61 Å². The van der Waals surface area contributed by atoms with Crippen LogP contribution in [0.15, 0.2) is 12.2 Å². The minimum Gasteiger partial charge on any atom is -0.462 e. The fourth-order valence-electron chi connectivity index (χ4n) is 2.00. The van der Waals surface area contributed by atoms with Crippen LogP contribution in [0.25, 0.3) is 0 Å². The third-order valence-corrected chi connectivity index (χ3v) is 2.53. The predicted octanol–water partition coefficient (Wildman–Crippen LogP) is 3.81. The molecular weight excluding hydrogens is 200 g/mol. The lowest BCUT2D eigenvalue weighted by molar-refractivity contribution is -0.140. The SMILES string of the molecule is C=C(C)C(=O)OCC(C)CC(C)CC(C)C. The Hall–Kier alpha value is -0.790. The molecule has 0 aromatic heterocycles. The number of hydrogen-bond acceptors (Lipinski definition) is 2. The van der Waals surface area contributed by atoms with Crippen LogP contribution in [0.4, 0.5) is 0 Å². The van der Waals surface area contributed by atoms with Crippen LogP contribution in [0.2, 0.25) is 0 Å². The molecule has 0 amide bonds. The Morgan fingerprint density at radius 2 is 1.69 bits per heavy atom. The molecule has 0 spiro atoms. The summed E-state index contributed by atoms with van der Waals surface area (Å²) < 4.78 is 5.13. The molecule has 2 heteroatoms. The van der Waals surface area contributed by atoms with E-state index in [0.29, 0.717) is 24.0 Å². The zero-order chi connectivity index (χ0) is 12.7. The summed E-state index contributed by atoms with van der Waals surface area (Å²) in [5.74, 6) is 1.58. The molecule has 0 saturated carbocycles. The quantitative estimate of drug-likeness (QED) is 0.487. The number of hydrogen-bond donors (Lipinski definition) is 0. The molecule has 0 aliphatic rings. The van der Waals surface area contributed by atoms with Gasteiger partial charge in [0.05, 0.1) is 6.61 Å². The van der Waals surface area contributed by atoms with Crippen LogP contribution >= 0.6 is 0 Å². The zero-order valence-electron chi connectivity index (χ0n) is 11.4. The maximum atomic E-state index is 11.2. The number of carbonyl (C=O) groups excluding carboxylic acids is 1. The number of carbonyl (C=O) groups is 1. The second-order valence-corrected chi connectivity index (χ2v) is 5.45. The van der Waals surface area contributed by atoms with Crippen LogP contribution in [0.3, 0.4) is 0 Å². The molecule has 0 radical (unpaired) electrons. The minimum absolute atomic E-state index is 0.275. The van der Waals surface area contributed by atoms with Crippen LogP contribution in [0.1, 0.15) is 47.5 Å². The Labute approximate surface area is 100 Å². The average Bonchev–Trinajstić information content (AvgIpc) is 2.12. The van der Waals surface area contributed by atoms with Crippen LogP contribution in [-0.4, -0.2) is 12.6 Å². The molecule has 0 aliphatic heterocycles. The average molecular weight is 226 g/mol. The highest BCUT2D eigenvalue weighted by atomic mass is 16.5. The molecule has 0 aliphatic carbocycles. The summed E-state index contributed by atoms with van der Waals surface area (Å²) in [6, 6.07) is 0. The Morgan fingerprint density at radius 1 is 1.12 bits per heavy atom. The molecule has 0 saturated heterocycles. The van der Waals surface area contributed by atoms with E-state index in [4.69, 9.17) is 4.74 Å². The Kier molecular flexibility index (Phi) is 7.11. The van der Waals surface area contributed by atoms with Gasteiger partial charge in [-0.15, -0.1) is 0 Å². The van der Waals surface area contributed by atoms with E-state index in [2.05, 4.69) is 34.3 Å². The third kappa shape index (κ3) is 7.49. The fourth-order valence-corrected chi connectivity index (χ4v) is 2.00. The van der Waals surface area contributed by atoms with Gasteiger partial charge in [-0.05, 0) is 37.5 Å². The van der Waals surface area contributed by atoms with Gasteiger partial charge in [0, 0.05) is 5.57 Å². The molecule has 0 rings (SSSR count). The fraction of sp³-hybridized carbons (Fsp3) is 0.786. The van der Waals surface area contributed by atoms with Crippen molar-refractivity contribution in [1.29, 1.82) is 0 Å². The van der Waals surface area contributed by atoms with Crippen molar-refractivity contribution < 1.29 is 9.53 Å². The normalized spacial score (nSPS) is 14.6. The van der Waals surface area contributed by atoms with E-state index in [1.54, 1.807) is 6.92 Å². The first kappa shape index (κ1) is 15.2. The predicted molar refractivity (Wildman–Crippen MR) is 68.2 cm³/mol. The van der Waals surface area contributed by atoms with Crippen LogP contribution < -0.4 is 0 Å². The third-order valence-electron chi connectivity index (χ3n) is 2.53. The molecule has 94 valence electrons. The summed E-state index contributed by atoms with van der Waals surface area (Å²) in [4.78, 5) is 11.2. The molecule has 2 unspecified atom stereocenters.